The Kier molecular flexibility index (Phi) is 5.42. The summed E-state index contributed by atoms with van der Waals surface area (Å²) in [5, 5.41) is 3.44. The predicted molar refractivity (Wildman–Crippen MR) is 99.8 cm³/mol. The fourth-order valence-corrected chi connectivity index (χ4v) is 4.16. The van der Waals surface area contributed by atoms with Crippen molar-refractivity contribution in [2.24, 2.45) is 0 Å². The lowest BCUT2D eigenvalue weighted by atomic mass is 9.99. The maximum Gasteiger partial charge on any atom is 0.267 e. The normalized spacial score (nSPS) is 21.6. The Morgan fingerprint density at radius 1 is 1.28 bits per heavy atom. The van der Waals surface area contributed by atoms with Gasteiger partial charge in [-0.25, -0.2) is 0 Å². The third kappa shape index (κ3) is 3.20. The van der Waals surface area contributed by atoms with Crippen molar-refractivity contribution in [2.45, 2.75) is 51.2 Å². The van der Waals surface area contributed by atoms with Crippen LogP contribution in [0, 0.1) is 0 Å². The molecule has 1 amide bonds. The SMILES string of the molecule is CCCCCCc1c(OC)c(Cl)cc2c1OC1(C2)NC(=O)C(Cl)=C1Cl. The molecule has 2 aliphatic heterocycles. The molecule has 1 N–H and O–H groups in total. The van der Waals surface area contributed by atoms with Crippen LogP contribution in [-0.2, 0) is 17.6 Å². The molecule has 2 heterocycles. The van der Waals surface area contributed by atoms with Gasteiger partial charge in [-0.15, -0.1) is 0 Å². The Bertz CT molecular complexity index is 748. The Hall–Kier alpha value is -1.10. The van der Waals surface area contributed by atoms with Gasteiger partial charge in [0.1, 0.15) is 21.6 Å². The van der Waals surface area contributed by atoms with Crippen LogP contribution in [0.5, 0.6) is 11.5 Å². The van der Waals surface area contributed by atoms with Gasteiger partial charge in [0.25, 0.3) is 5.91 Å². The molecular formula is C18H20Cl3NO3. The molecule has 1 atom stereocenters. The molecule has 0 saturated heterocycles. The van der Waals surface area contributed by atoms with E-state index in [1.54, 1.807) is 7.11 Å². The van der Waals surface area contributed by atoms with Crippen molar-refractivity contribution in [2.75, 3.05) is 7.11 Å². The van der Waals surface area contributed by atoms with E-state index in [1.165, 1.54) is 6.42 Å². The van der Waals surface area contributed by atoms with E-state index in [4.69, 9.17) is 44.3 Å². The van der Waals surface area contributed by atoms with Crippen molar-refractivity contribution in [3.63, 3.8) is 0 Å². The van der Waals surface area contributed by atoms with Crippen molar-refractivity contribution < 1.29 is 14.3 Å². The number of methoxy groups -OCH3 is 1. The van der Waals surface area contributed by atoms with Crippen molar-refractivity contribution in [3.8, 4) is 11.5 Å². The number of ether oxygens (including phenoxy) is 2. The second-order valence-corrected chi connectivity index (χ2v) is 7.52. The Morgan fingerprint density at radius 3 is 2.64 bits per heavy atom. The van der Waals surface area contributed by atoms with Crippen LogP contribution in [0.25, 0.3) is 0 Å². The molecule has 0 aromatic heterocycles. The molecule has 1 spiro atoms. The maximum absolute atomic E-state index is 11.9. The molecule has 0 bridgehead atoms. The van der Waals surface area contributed by atoms with Crippen LogP contribution in [0.4, 0.5) is 0 Å². The number of carbonyl (C=O) groups excluding carboxylic acids is 1. The minimum atomic E-state index is -1.13. The van der Waals surface area contributed by atoms with Crippen LogP contribution in [0.1, 0.15) is 43.7 Å². The number of carbonyl (C=O) groups is 1. The number of halogens is 3. The van der Waals surface area contributed by atoms with E-state index < -0.39 is 11.6 Å². The van der Waals surface area contributed by atoms with E-state index in [0.717, 1.165) is 36.8 Å². The lowest BCUT2D eigenvalue weighted by Gasteiger charge is -2.24. The minimum absolute atomic E-state index is 0.0305. The minimum Gasteiger partial charge on any atom is -0.495 e. The number of hydrogen-bond donors (Lipinski definition) is 1. The number of unbranched alkanes of at least 4 members (excludes halogenated alkanes) is 3. The van der Waals surface area contributed by atoms with E-state index in [1.807, 2.05) is 6.07 Å². The number of nitrogens with one attached hydrogen (secondary N) is 1. The standard InChI is InChI=1S/C18H20Cl3NO3/c1-3-4-5-6-7-11-14-10(8-12(19)15(11)24-2)9-18(25-14)16(21)13(20)17(23)22-18/h8H,3-7,9H2,1-2H3,(H,22,23). The summed E-state index contributed by atoms with van der Waals surface area (Å²) in [5.74, 6) is 0.870. The highest BCUT2D eigenvalue weighted by molar-refractivity contribution is 6.50. The highest BCUT2D eigenvalue weighted by atomic mass is 35.5. The third-order valence-corrected chi connectivity index (χ3v) is 5.85. The summed E-state index contributed by atoms with van der Waals surface area (Å²) in [5.41, 5.74) is 0.673. The van der Waals surface area contributed by atoms with E-state index in [-0.39, 0.29) is 10.1 Å². The lowest BCUT2D eigenvalue weighted by Crippen LogP contribution is -2.47. The zero-order valence-electron chi connectivity index (χ0n) is 14.2. The summed E-state index contributed by atoms with van der Waals surface area (Å²) >= 11 is 18.7. The van der Waals surface area contributed by atoms with E-state index in [0.29, 0.717) is 22.9 Å². The molecule has 0 saturated carbocycles. The third-order valence-electron chi connectivity index (χ3n) is 4.62. The smallest absolute Gasteiger partial charge is 0.267 e. The van der Waals surface area contributed by atoms with E-state index in [2.05, 4.69) is 12.2 Å². The lowest BCUT2D eigenvalue weighted by molar-refractivity contribution is -0.119. The van der Waals surface area contributed by atoms with Crippen LogP contribution in [0.2, 0.25) is 5.02 Å². The second kappa shape index (κ2) is 7.26. The zero-order chi connectivity index (χ0) is 18.2. The fourth-order valence-electron chi connectivity index (χ4n) is 3.40. The molecule has 25 heavy (non-hydrogen) atoms. The molecule has 1 aromatic rings. The molecule has 4 nitrogen and oxygen atoms in total. The Labute approximate surface area is 162 Å². The number of hydrogen-bond acceptors (Lipinski definition) is 3. The summed E-state index contributed by atoms with van der Waals surface area (Å²) in [6.07, 6.45) is 5.63. The molecule has 136 valence electrons. The zero-order valence-corrected chi connectivity index (χ0v) is 16.4. The van der Waals surface area contributed by atoms with Crippen LogP contribution >= 0.6 is 34.8 Å². The van der Waals surface area contributed by atoms with Crippen molar-refractivity contribution in [1.82, 2.24) is 5.32 Å². The summed E-state index contributed by atoms with van der Waals surface area (Å²) < 4.78 is 11.7. The molecule has 0 aliphatic carbocycles. The topological polar surface area (TPSA) is 47.6 Å². The van der Waals surface area contributed by atoms with Gasteiger partial charge in [-0.1, -0.05) is 61.0 Å². The van der Waals surface area contributed by atoms with Gasteiger partial charge in [0.15, 0.2) is 0 Å². The first-order chi connectivity index (χ1) is 11.9. The molecule has 2 aliphatic rings. The van der Waals surface area contributed by atoms with Crippen LogP contribution < -0.4 is 14.8 Å². The first-order valence-corrected chi connectivity index (χ1v) is 9.52. The maximum atomic E-state index is 11.9. The van der Waals surface area contributed by atoms with Crippen LogP contribution in [0.15, 0.2) is 16.1 Å². The number of rotatable bonds is 6. The summed E-state index contributed by atoms with van der Waals surface area (Å²) in [6.45, 7) is 2.17. The average molecular weight is 405 g/mol. The number of fused-ring (bicyclic) bond motifs is 1. The first kappa shape index (κ1) is 18.7. The molecule has 0 fully saturated rings. The van der Waals surface area contributed by atoms with E-state index >= 15 is 0 Å². The predicted octanol–water partition coefficient (Wildman–Crippen LogP) is 4.92. The largest absolute Gasteiger partial charge is 0.495 e. The fraction of sp³-hybridized carbons (Fsp3) is 0.500. The highest BCUT2D eigenvalue weighted by Crippen LogP contribution is 2.49. The molecular weight excluding hydrogens is 385 g/mol. The van der Waals surface area contributed by atoms with Crippen LogP contribution in [0.3, 0.4) is 0 Å². The van der Waals surface area contributed by atoms with Gasteiger partial charge in [0.05, 0.1) is 12.1 Å². The van der Waals surface area contributed by atoms with Crippen molar-refractivity contribution >= 4 is 40.7 Å². The van der Waals surface area contributed by atoms with Gasteiger partial charge >= 0.3 is 0 Å². The molecule has 0 radical (unpaired) electrons. The summed E-state index contributed by atoms with van der Waals surface area (Å²) in [4.78, 5) is 11.9. The van der Waals surface area contributed by atoms with Gasteiger partial charge in [-0.3, -0.25) is 4.79 Å². The van der Waals surface area contributed by atoms with Gasteiger partial charge in [-0.2, -0.15) is 0 Å². The molecule has 7 heteroatoms. The van der Waals surface area contributed by atoms with Crippen LogP contribution in [-0.4, -0.2) is 18.7 Å². The Balaban J connectivity index is 1.96. The van der Waals surface area contributed by atoms with Crippen molar-refractivity contribution in [3.05, 3.63) is 32.3 Å². The van der Waals surface area contributed by atoms with Gasteiger partial charge in [0.2, 0.25) is 5.72 Å². The van der Waals surface area contributed by atoms with Crippen molar-refractivity contribution in [1.29, 1.82) is 0 Å². The molecule has 1 unspecified atom stereocenters. The Morgan fingerprint density at radius 2 is 2.04 bits per heavy atom. The second-order valence-electron chi connectivity index (χ2n) is 6.36. The first-order valence-electron chi connectivity index (χ1n) is 8.39. The summed E-state index contributed by atoms with van der Waals surface area (Å²) in [6, 6.07) is 1.81. The molecule has 1 aromatic carbocycles. The molecule has 3 rings (SSSR count). The average Bonchev–Trinajstić information content (AvgIpc) is 3.04. The number of benzene rings is 1. The monoisotopic (exact) mass is 403 g/mol. The quantitative estimate of drug-likeness (QED) is 0.684. The van der Waals surface area contributed by atoms with Gasteiger partial charge < -0.3 is 14.8 Å². The number of amides is 1. The summed E-state index contributed by atoms with van der Waals surface area (Å²) in [7, 11) is 1.59. The van der Waals surface area contributed by atoms with Gasteiger partial charge in [0, 0.05) is 17.5 Å². The van der Waals surface area contributed by atoms with Gasteiger partial charge in [-0.05, 0) is 18.9 Å². The van der Waals surface area contributed by atoms with E-state index in [9.17, 15) is 4.79 Å². The highest BCUT2D eigenvalue weighted by Gasteiger charge is 2.51.